The zero-order chi connectivity index (χ0) is 14.1. The van der Waals surface area contributed by atoms with Crippen molar-refractivity contribution in [3.05, 3.63) is 23.2 Å². The van der Waals surface area contributed by atoms with Gasteiger partial charge in [-0.2, -0.15) is 0 Å². The molecule has 2 atom stereocenters. The molecule has 6 nitrogen and oxygen atoms in total. The van der Waals surface area contributed by atoms with Gasteiger partial charge in [0.1, 0.15) is 0 Å². The predicted molar refractivity (Wildman–Crippen MR) is 76.4 cm³/mol. The van der Waals surface area contributed by atoms with Crippen LogP contribution in [0.4, 0.5) is 5.69 Å². The molecule has 0 aliphatic carbocycles. The summed E-state index contributed by atoms with van der Waals surface area (Å²) in [6.45, 7) is 2.78. The first kappa shape index (κ1) is 13.3. The van der Waals surface area contributed by atoms with E-state index in [9.17, 15) is 0 Å². The number of rotatable bonds is 2. The monoisotopic (exact) mass is 293 g/mol. The third-order valence-electron chi connectivity index (χ3n) is 3.57. The smallest absolute Gasteiger partial charge is 0.183 e. The van der Waals surface area contributed by atoms with Gasteiger partial charge in [0.05, 0.1) is 22.9 Å². The van der Waals surface area contributed by atoms with Crippen LogP contribution in [-0.2, 0) is 4.74 Å². The molecular formula is C13H16ClN5O. The second kappa shape index (κ2) is 5.38. The number of benzene rings is 1. The fraction of sp³-hybridized carbons (Fsp3) is 0.462. The average Bonchev–Trinajstić information content (AvgIpc) is 2.91. The Hall–Kier alpha value is -1.66. The second-order valence-electron chi connectivity index (χ2n) is 5.02. The number of aromatic nitrogens is 4. The van der Waals surface area contributed by atoms with Gasteiger partial charge in [0.15, 0.2) is 5.82 Å². The van der Waals surface area contributed by atoms with Gasteiger partial charge in [0, 0.05) is 12.2 Å². The van der Waals surface area contributed by atoms with Crippen LogP contribution < -0.4 is 5.73 Å². The van der Waals surface area contributed by atoms with Crippen molar-refractivity contribution in [2.45, 2.75) is 31.9 Å². The summed E-state index contributed by atoms with van der Waals surface area (Å²) in [5, 5.41) is 12.5. The normalized spacial score (nSPS) is 22.9. The van der Waals surface area contributed by atoms with Crippen LogP contribution in [0.3, 0.4) is 0 Å². The number of nitrogen functional groups attached to an aromatic ring is 1. The lowest BCUT2D eigenvalue weighted by Gasteiger charge is -2.27. The van der Waals surface area contributed by atoms with Gasteiger partial charge in [-0.3, -0.25) is 0 Å². The topological polar surface area (TPSA) is 78.9 Å². The molecule has 0 amide bonds. The maximum Gasteiger partial charge on any atom is 0.183 e. The molecule has 1 aromatic heterocycles. The quantitative estimate of drug-likeness (QED) is 0.860. The lowest BCUT2D eigenvalue weighted by Crippen LogP contribution is -2.26. The fourth-order valence-electron chi connectivity index (χ4n) is 2.54. The van der Waals surface area contributed by atoms with Crippen LogP contribution in [-0.4, -0.2) is 32.9 Å². The van der Waals surface area contributed by atoms with E-state index in [-0.39, 0.29) is 12.1 Å². The minimum atomic E-state index is 0.210. The minimum Gasteiger partial charge on any atom is -0.398 e. The highest BCUT2D eigenvalue weighted by Gasteiger charge is 2.25. The van der Waals surface area contributed by atoms with E-state index in [1.807, 2.05) is 16.8 Å². The third-order valence-corrected chi connectivity index (χ3v) is 3.99. The third kappa shape index (κ3) is 2.36. The van der Waals surface area contributed by atoms with Gasteiger partial charge >= 0.3 is 0 Å². The maximum atomic E-state index is 6.27. The molecule has 0 spiro atoms. The van der Waals surface area contributed by atoms with Crippen molar-refractivity contribution < 1.29 is 4.74 Å². The van der Waals surface area contributed by atoms with E-state index in [2.05, 4.69) is 22.4 Å². The van der Waals surface area contributed by atoms with Crippen molar-refractivity contribution in [2.24, 2.45) is 0 Å². The Kier molecular flexibility index (Phi) is 3.58. The first-order valence-corrected chi connectivity index (χ1v) is 6.98. The Morgan fingerprint density at radius 2 is 2.30 bits per heavy atom. The van der Waals surface area contributed by atoms with Gasteiger partial charge in [0.2, 0.25) is 0 Å². The lowest BCUT2D eigenvalue weighted by molar-refractivity contribution is 0.00350. The summed E-state index contributed by atoms with van der Waals surface area (Å²) in [5.41, 5.74) is 7.13. The molecule has 0 bridgehead atoms. The number of halogens is 1. The molecule has 0 radical (unpaired) electrons. The first-order valence-electron chi connectivity index (χ1n) is 6.60. The highest BCUT2D eigenvalue weighted by molar-refractivity contribution is 6.35. The Balaban J connectivity index is 1.99. The van der Waals surface area contributed by atoms with Crippen molar-refractivity contribution in [3.63, 3.8) is 0 Å². The van der Waals surface area contributed by atoms with E-state index in [4.69, 9.17) is 22.1 Å². The van der Waals surface area contributed by atoms with Gasteiger partial charge in [-0.05, 0) is 42.3 Å². The first-order chi connectivity index (χ1) is 9.66. The van der Waals surface area contributed by atoms with Crippen molar-refractivity contribution >= 4 is 17.3 Å². The highest BCUT2D eigenvalue weighted by atomic mass is 35.5. The van der Waals surface area contributed by atoms with Crippen LogP contribution in [0.2, 0.25) is 5.02 Å². The molecule has 106 valence electrons. The van der Waals surface area contributed by atoms with Crippen LogP contribution >= 0.6 is 11.6 Å². The van der Waals surface area contributed by atoms with Crippen LogP contribution in [0.1, 0.15) is 25.8 Å². The number of ether oxygens (including phenoxy) is 1. The molecule has 0 saturated carbocycles. The van der Waals surface area contributed by atoms with Crippen LogP contribution in [0.15, 0.2) is 18.2 Å². The minimum absolute atomic E-state index is 0.210. The lowest BCUT2D eigenvalue weighted by atomic mass is 10.0. The van der Waals surface area contributed by atoms with Crippen molar-refractivity contribution in [2.75, 3.05) is 12.3 Å². The number of hydrogen-bond acceptors (Lipinski definition) is 5. The molecule has 2 heterocycles. The Morgan fingerprint density at radius 3 is 3.10 bits per heavy atom. The molecule has 3 rings (SSSR count). The zero-order valence-corrected chi connectivity index (χ0v) is 11.9. The van der Waals surface area contributed by atoms with E-state index in [0.29, 0.717) is 16.5 Å². The average molecular weight is 294 g/mol. The molecule has 2 aromatic rings. The number of hydrogen-bond donors (Lipinski definition) is 1. The van der Waals surface area contributed by atoms with Crippen LogP contribution in [0.5, 0.6) is 0 Å². The van der Waals surface area contributed by atoms with E-state index in [0.717, 1.165) is 25.0 Å². The number of tetrazole rings is 1. The van der Waals surface area contributed by atoms with E-state index in [1.165, 1.54) is 0 Å². The molecule has 20 heavy (non-hydrogen) atoms. The summed E-state index contributed by atoms with van der Waals surface area (Å²) < 4.78 is 7.40. The van der Waals surface area contributed by atoms with Gasteiger partial charge in [-0.15, -0.1) is 5.10 Å². The van der Waals surface area contributed by atoms with E-state index >= 15 is 0 Å². The van der Waals surface area contributed by atoms with E-state index < -0.39 is 0 Å². The summed E-state index contributed by atoms with van der Waals surface area (Å²) in [5.74, 6) is 0.654. The molecule has 7 heteroatoms. The Morgan fingerprint density at radius 1 is 1.45 bits per heavy atom. The van der Waals surface area contributed by atoms with E-state index in [1.54, 1.807) is 6.07 Å². The summed E-state index contributed by atoms with van der Waals surface area (Å²) in [6.07, 6.45) is 1.99. The molecule has 2 unspecified atom stereocenters. The van der Waals surface area contributed by atoms with Gasteiger partial charge in [-0.1, -0.05) is 17.7 Å². The maximum absolute atomic E-state index is 6.27. The van der Waals surface area contributed by atoms with Crippen LogP contribution in [0, 0.1) is 0 Å². The Bertz CT molecular complexity index is 615. The molecular weight excluding hydrogens is 278 g/mol. The summed E-state index contributed by atoms with van der Waals surface area (Å²) >= 11 is 6.27. The zero-order valence-electron chi connectivity index (χ0n) is 11.2. The molecule has 2 N–H and O–H groups in total. The van der Waals surface area contributed by atoms with Gasteiger partial charge in [-0.25, -0.2) is 4.68 Å². The molecule has 1 fully saturated rings. The highest BCUT2D eigenvalue weighted by Crippen LogP contribution is 2.33. The van der Waals surface area contributed by atoms with Gasteiger partial charge < -0.3 is 10.5 Å². The number of nitrogens with zero attached hydrogens (tertiary/aromatic N) is 4. The summed E-state index contributed by atoms with van der Waals surface area (Å²) in [6, 6.07) is 5.71. The standard InChI is InChI=1S/C13H16ClN5O/c1-8-7-9(5-6-20-8)19-13(16-17-18-19)10-3-2-4-11(15)12(10)14/h2-4,8-9H,5-7,15H2,1H3. The SMILES string of the molecule is CC1CC(n2nnnc2-c2cccc(N)c2Cl)CCO1. The van der Waals surface area contributed by atoms with Gasteiger partial charge in [0.25, 0.3) is 0 Å². The molecule has 1 aliphatic rings. The number of nitrogens with two attached hydrogens (primary N) is 1. The van der Waals surface area contributed by atoms with Crippen molar-refractivity contribution in [1.82, 2.24) is 20.2 Å². The fourth-order valence-corrected chi connectivity index (χ4v) is 2.75. The summed E-state index contributed by atoms with van der Waals surface area (Å²) in [4.78, 5) is 0. The predicted octanol–water partition coefficient (Wildman–Crippen LogP) is 2.32. The molecule has 1 saturated heterocycles. The largest absolute Gasteiger partial charge is 0.398 e. The van der Waals surface area contributed by atoms with Crippen molar-refractivity contribution in [3.8, 4) is 11.4 Å². The Labute approximate surface area is 121 Å². The second-order valence-corrected chi connectivity index (χ2v) is 5.39. The molecule has 1 aromatic carbocycles. The summed E-state index contributed by atoms with van der Waals surface area (Å²) in [7, 11) is 0. The molecule has 1 aliphatic heterocycles. The van der Waals surface area contributed by atoms with Crippen LogP contribution in [0.25, 0.3) is 11.4 Å². The van der Waals surface area contributed by atoms with Crippen molar-refractivity contribution in [1.29, 1.82) is 0 Å². The number of anilines is 1.